The smallest absolute Gasteiger partial charge is 0.291 e. The molecule has 0 aliphatic carbocycles. The van der Waals surface area contributed by atoms with Crippen molar-refractivity contribution in [3.8, 4) is 0 Å². The van der Waals surface area contributed by atoms with Crippen molar-refractivity contribution in [1.82, 2.24) is 10.6 Å². The standard InChI is InChI=1S/C17H19N3O3/c1-11-4-5-13(16(21)19-10-12-8-18-9-12)7-14(11)20-17(22)15-3-2-6-23-15/h2-7,12,18H,8-10H2,1H3,(H,19,21)(H,20,22). The predicted molar refractivity (Wildman–Crippen MR) is 86.5 cm³/mol. The average molecular weight is 313 g/mol. The number of carbonyl (C=O) groups excluding carboxylic acids is 2. The van der Waals surface area contributed by atoms with E-state index in [1.807, 2.05) is 13.0 Å². The van der Waals surface area contributed by atoms with Crippen molar-refractivity contribution in [1.29, 1.82) is 0 Å². The lowest BCUT2D eigenvalue weighted by atomic mass is 10.0. The molecule has 1 aliphatic rings. The SMILES string of the molecule is Cc1ccc(C(=O)NCC2CNC2)cc1NC(=O)c1ccco1. The van der Waals surface area contributed by atoms with Crippen LogP contribution in [0.2, 0.25) is 0 Å². The number of rotatable bonds is 5. The van der Waals surface area contributed by atoms with E-state index in [4.69, 9.17) is 4.42 Å². The fourth-order valence-corrected chi connectivity index (χ4v) is 2.32. The third-order valence-electron chi connectivity index (χ3n) is 3.91. The van der Waals surface area contributed by atoms with Crippen molar-refractivity contribution in [2.75, 3.05) is 25.0 Å². The van der Waals surface area contributed by atoms with Gasteiger partial charge in [-0.1, -0.05) is 6.07 Å². The Bertz CT molecular complexity index is 706. The molecule has 120 valence electrons. The first-order chi connectivity index (χ1) is 11.1. The molecular weight excluding hydrogens is 294 g/mol. The van der Waals surface area contributed by atoms with E-state index in [2.05, 4.69) is 16.0 Å². The molecule has 0 radical (unpaired) electrons. The number of furan rings is 1. The first-order valence-electron chi connectivity index (χ1n) is 7.58. The Kier molecular flexibility index (Phi) is 4.43. The van der Waals surface area contributed by atoms with Crippen molar-refractivity contribution in [2.24, 2.45) is 5.92 Å². The summed E-state index contributed by atoms with van der Waals surface area (Å²) in [4.78, 5) is 24.3. The molecule has 0 spiro atoms. The average Bonchev–Trinajstić information content (AvgIpc) is 3.02. The second-order valence-electron chi connectivity index (χ2n) is 5.70. The summed E-state index contributed by atoms with van der Waals surface area (Å²) in [5.74, 6) is 0.265. The molecule has 2 heterocycles. The Morgan fingerprint density at radius 2 is 2.09 bits per heavy atom. The minimum Gasteiger partial charge on any atom is -0.459 e. The molecule has 3 N–H and O–H groups in total. The first-order valence-corrected chi connectivity index (χ1v) is 7.58. The molecule has 1 aliphatic heterocycles. The number of anilines is 1. The normalized spacial score (nSPS) is 14.1. The van der Waals surface area contributed by atoms with E-state index in [0.29, 0.717) is 23.7 Å². The fraction of sp³-hybridized carbons (Fsp3) is 0.294. The maximum absolute atomic E-state index is 12.2. The Morgan fingerprint density at radius 3 is 2.74 bits per heavy atom. The van der Waals surface area contributed by atoms with E-state index in [0.717, 1.165) is 18.7 Å². The van der Waals surface area contributed by atoms with Gasteiger partial charge in [-0.15, -0.1) is 0 Å². The third-order valence-corrected chi connectivity index (χ3v) is 3.91. The lowest BCUT2D eigenvalue weighted by Gasteiger charge is -2.27. The maximum atomic E-state index is 12.2. The van der Waals surface area contributed by atoms with Crippen LogP contribution in [-0.2, 0) is 0 Å². The van der Waals surface area contributed by atoms with Crippen LogP contribution in [0, 0.1) is 12.8 Å². The zero-order valence-electron chi connectivity index (χ0n) is 12.9. The number of benzene rings is 1. The van der Waals surface area contributed by atoms with Crippen LogP contribution in [0.3, 0.4) is 0 Å². The van der Waals surface area contributed by atoms with Crippen molar-refractivity contribution in [3.05, 3.63) is 53.5 Å². The van der Waals surface area contributed by atoms with Crippen molar-refractivity contribution < 1.29 is 14.0 Å². The number of hydrogen-bond donors (Lipinski definition) is 3. The van der Waals surface area contributed by atoms with E-state index in [-0.39, 0.29) is 17.6 Å². The van der Waals surface area contributed by atoms with Gasteiger partial charge in [0.15, 0.2) is 5.76 Å². The highest BCUT2D eigenvalue weighted by atomic mass is 16.3. The van der Waals surface area contributed by atoms with Crippen LogP contribution in [0.5, 0.6) is 0 Å². The number of hydrogen-bond acceptors (Lipinski definition) is 4. The summed E-state index contributed by atoms with van der Waals surface area (Å²) in [6, 6.07) is 8.50. The molecule has 2 aromatic rings. The minimum absolute atomic E-state index is 0.134. The summed E-state index contributed by atoms with van der Waals surface area (Å²) in [6.07, 6.45) is 1.45. The lowest BCUT2D eigenvalue weighted by molar-refractivity contribution is 0.0940. The summed E-state index contributed by atoms with van der Waals surface area (Å²) in [5, 5.41) is 8.86. The van der Waals surface area contributed by atoms with Crippen LogP contribution in [0.4, 0.5) is 5.69 Å². The van der Waals surface area contributed by atoms with Gasteiger partial charge in [0.25, 0.3) is 11.8 Å². The van der Waals surface area contributed by atoms with E-state index in [1.54, 1.807) is 24.3 Å². The Labute approximate surface area is 134 Å². The van der Waals surface area contributed by atoms with Crippen LogP contribution in [-0.4, -0.2) is 31.4 Å². The fourth-order valence-electron chi connectivity index (χ4n) is 2.32. The molecule has 2 amide bonds. The monoisotopic (exact) mass is 313 g/mol. The molecule has 6 nitrogen and oxygen atoms in total. The highest BCUT2D eigenvalue weighted by molar-refractivity contribution is 6.03. The minimum atomic E-state index is -0.337. The summed E-state index contributed by atoms with van der Waals surface area (Å²) < 4.78 is 5.07. The van der Waals surface area contributed by atoms with Gasteiger partial charge in [-0.05, 0) is 36.8 Å². The van der Waals surface area contributed by atoms with Crippen molar-refractivity contribution >= 4 is 17.5 Å². The number of amides is 2. The molecule has 0 saturated carbocycles. The van der Waals surface area contributed by atoms with Gasteiger partial charge in [0.1, 0.15) is 0 Å². The summed E-state index contributed by atoms with van der Waals surface area (Å²) in [5.41, 5.74) is 2.01. The molecule has 1 aromatic heterocycles. The largest absolute Gasteiger partial charge is 0.459 e. The summed E-state index contributed by atoms with van der Waals surface area (Å²) >= 11 is 0. The van der Waals surface area contributed by atoms with Gasteiger partial charge >= 0.3 is 0 Å². The van der Waals surface area contributed by atoms with E-state index < -0.39 is 0 Å². The Hall–Kier alpha value is -2.60. The highest BCUT2D eigenvalue weighted by Crippen LogP contribution is 2.18. The molecule has 1 aromatic carbocycles. The first kappa shape index (κ1) is 15.3. The second-order valence-corrected chi connectivity index (χ2v) is 5.70. The molecule has 1 saturated heterocycles. The summed E-state index contributed by atoms with van der Waals surface area (Å²) in [6.45, 7) is 4.42. The zero-order valence-corrected chi connectivity index (χ0v) is 12.9. The number of nitrogens with one attached hydrogen (secondary N) is 3. The molecular formula is C17H19N3O3. The van der Waals surface area contributed by atoms with Crippen LogP contribution in [0.25, 0.3) is 0 Å². The van der Waals surface area contributed by atoms with Crippen LogP contribution < -0.4 is 16.0 Å². The van der Waals surface area contributed by atoms with Crippen molar-refractivity contribution in [2.45, 2.75) is 6.92 Å². The van der Waals surface area contributed by atoms with Crippen molar-refractivity contribution in [3.63, 3.8) is 0 Å². The van der Waals surface area contributed by atoms with Gasteiger partial charge in [0.05, 0.1) is 6.26 Å². The van der Waals surface area contributed by atoms with Gasteiger partial charge in [-0.3, -0.25) is 9.59 Å². The second kappa shape index (κ2) is 6.66. The van der Waals surface area contributed by atoms with E-state index >= 15 is 0 Å². The molecule has 0 atom stereocenters. The van der Waals surface area contributed by atoms with Crippen LogP contribution in [0.15, 0.2) is 41.0 Å². The van der Waals surface area contributed by atoms with E-state index in [9.17, 15) is 9.59 Å². The van der Waals surface area contributed by atoms with Gasteiger partial charge in [0, 0.05) is 36.8 Å². The molecule has 0 unspecified atom stereocenters. The third kappa shape index (κ3) is 3.60. The molecule has 3 rings (SSSR count). The molecule has 6 heteroatoms. The predicted octanol–water partition coefficient (Wildman–Crippen LogP) is 1.79. The highest BCUT2D eigenvalue weighted by Gasteiger charge is 2.18. The lowest BCUT2D eigenvalue weighted by Crippen LogP contribution is -2.48. The Balaban J connectivity index is 1.68. The quantitative estimate of drug-likeness (QED) is 0.786. The summed E-state index contributed by atoms with van der Waals surface area (Å²) in [7, 11) is 0. The van der Waals surface area contributed by atoms with Gasteiger partial charge in [0.2, 0.25) is 0 Å². The van der Waals surface area contributed by atoms with Crippen LogP contribution >= 0.6 is 0 Å². The molecule has 0 bridgehead atoms. The molecule has 23 heavy (non-hydrogen) atoms. The Morgan fingerprint density at radius 1 is 1.26 bits per heavy atom. The zero-order chi connectivity index (χ0) is 16.2. The van der Waals surface area contributed by atoms with Gasteiger partial charge in [-0.2, -0.15) is 0 Å². The number of carbonyl (C=O) groups is 2. The maximum Gasteiger partial charge on any atom is 0.291 e. The van der Waals surface area contributed by atoms with Crippen LogP contribution in [0.1, 0.15) is 26.5 Å². The van der Waals surface area contributed by atoms with Gasteiger partial charge in [-0.25, -0.2) is 0 Å². The van der Waals surface area contributed by atoms with Gasteiger partial charge < -0.3 is 20.4 Å². The topological polar surface area (TPSA) is 83.4 Å². The van der Waals surface area contributed by atoms with E-state index in [1.165, 1.54) is 6.26 Å². The molecule has 1 fully saturated rings. The number of aryl methyl sites for hydroxylation is 1.